The van der Waals surface area contributed by atoms with Gasteiger partial charge < -0.3 is 0 Å². The molecule has 0 amide bonds. The summed E-state index contributed by atoms with van der Waals surface area (Å²) in [5, 5.41) is 0. The van der Waals surface area contributed by atoms with Crippen molar-refractivity contribution in [1.82, 2.24) is 0 Å². The fraction of sp³-hybridized carbons (Fsp3) is 0.136. The van der Waals surface area contributed by atoms with E-state index in [0.717, 1.165) is 11.1 Å². The van der Waals surface area contributed by atoms with Gasteiger partial charge in [-0.25, -0.2) is 12.6 Å². The Balaban J connectivity index is 2.08. The number of sulfone groups is 1. The van der Waals surface area contributed by atoms with Crippen LogP contribution in [0.15, 0.2) is 88.7 Å². The lowest BCUT2D eigenvalue weighted by Gasteiger charge is -2.17. The predicted octanol–water partition coefficient (Wildman–Crippen LogP) is 3.69. The quantitative estimate of drug-likeness (QED) is 0.407. The Bertz CT molecular complexity index is 1250. The van der Waals surface area contributed by atoms with Crippen LogP contribution in [0.5, 0.6) is 0 Å². The van der Waals surface area contributed by atoms with E-state index in [0.29, 0.717) is 0 Å². The number of carbonyl (C=O) groups is 1. The summed E-state index contributed by atoms with van der Waals surface area (Å²) in [4.78, 5) is 12.6. The van der Waals surface area contributed by atoms with Crippen LogP contribution in [0.3, 0.4) is 0 Å². The lowest BCUT2D eigenvalue weighted by Crippen LogP contribution is -2.35. The molecule has 8 heteroatoms. The molecule has 0 fully saturated rings. The number of carbonyl (C=O) groups excluding carboxylic acids is 1. The Labute approximate surface area is 176 Å². The molecule has 0 aliphatic carbocycles. The minimum atomic E-state index is -4.53. The first kappa shape index (κ1) is 21.9. The third-order valence-electron chi connectivity index (χ3n) is 4.43. The highest BCUT2D eigenvalue weighted by molar-refractivity contribution is 7.94. The van der Waals surface area contributed by atoms with Crippen molar-refractivity contribution in [1.29, 1.82) is 0 Å². The first-order valence-corrected chi connectivity index (χ1v) is 12.0. The van der Waals surface area contributed by atoms with E-state index in [2.05, 4.69) is 0 Å². The molecule has 0 aromatic heterocycles. The Morgan fingerprint density at radius 3 is 1.73 bits per heavy atom. The van der Waals surface area contributed by atoms with Crippen LogP contribution in [-0.4, -0.2) is 28.1 Å². The van der Waals surface area contributed by atoms with Gasteiger partial charge in [-0.1, -0.05) is 65.7 Å². The molecular weight excluding hydrogens is 424 g/mol. The van der Waals surface area contributed by atoms with E-state index >= 15 is 0 Å². The van der Waals surface area contributed by atoms with Crippen LogP contribution < -0.4 is 0 Å². The van der Waals surface area contributed by atoms with E-state index in [4.69, 9.17) is 4.18 Å². The fourth-order valence-corrected chi connectivity index (χ4v) is 5.52. The van der Waals surface area contributed by atoms with Gasteiger partial charge >= 0.3 is 0 Å². The van der Waals surface area contributed by atoms with E-state index < -0.39 is 31.2 Å². The maximum Gasteiger partial charge on any atom is 0.298 e. The van der Waals surface area contributed by atoms with Gasteiger partial charge in [0, 0.05) is 5.56 Å². The number of ketones is 1. The van der Waals surface area contributed by atoms with Gasteiger partial charge in [0.15, 0.2) is 0 Å². The van der Waals surface area contributed by atoms with Crippen molar-refractivity contribution in [2.45, 2.75) is 29.1 Å². The molecule has 1 unspecified atom stereocenters. The molecule has 1 atom stereocenters. The van der Waals surface area contributed by atoms with Gasteiger partial charge in [0.2, 0.25) is 21.1 Å². The van der Waals surface area contributed by atoms with Crippen LogP contribution >= 0.6 is 0 Å². The summed E-state index contributed by atoms with van der Waals surface area (Å²) >= 11 is 0. The molecule has 0 N–H and O–H groups in total. The monoisotopic (exact) mass is 444 g/mol. The molecule has 30 heavy (non-hydrogen) atoms. The SMILES string of the molecule is Cc1ccc(C(=O)C(OS(=O)(=O)c2ccc(C)cc2)S(=O)(=O)c2ccccc2)cc1. The highest BCUT2D eigenvalue weighted by Crippen LogP contribution is 2.25. The van der Waals surface area contributed by atoms with E-state index in [9.17, 15) is 21.6 Å². The maximum absolute atomic E-state index is 13.2. The first-order valence-electron chi connectivity index (χ1n) is 9.01. The summed E-state index contributed by atoms with van der Waals surface area (Å²) in [5.41, 5.74) is -0.543. The largest absolute Gasteiger partial charge is 0.298 e. The molecule has 0 spiro atoms. The molecule has 0 aliphatic rings. The second-order valence-electron chi connectivity index (χ2n) is 6.78. The zero-order valence-electron chi connectivity index (χ0n) is 16.3. The van der Waals surface area contributed by atoms with Crippen LogP contribution in [0.25, 0.3) is 0 Å². The number of rotatable bonds is 7. The normalized spacial score (nSPS) is 13.0. The van der Waals surface area contributed by atoms with Crippen molar-refractivity contribution < 1.29 is 25.8 Å². The zero-order chi connectivity index (χ0) is 21.9. The summed E-state index contributed by atoms with van der Waals surface area (Å²) in [5.74, 6) is -0.963. The molecule has 3 aromatic carbocycles. The number of hydrogen-bond donors (Lipinski definition) is 0. The summed E-state index contributed by atoms with van der Waals surface area (Å²) in [6, 6.07) is 19.0. The molecule has 0 bridgehead atoms. The van der Waals surface area contributed by atoms with E-state index in [1.54, 1.807) is 37.3 Å². The standard InChI is InChI=1S/C22H20O6S2/c1-16-8-12-18(13-9-16)21(23)22(29(24,25)19-6-4-3-5-7-19)28-30(26,27)20-14-10-17(2)11-15-20/h3-15,22H,1-2H3. The molecule has 3 aromatic rings. The number of aryl methyl sites for hydroxylation is 2. The topological polar surface area (TPSA) is 94.6 Å². The van der Waals surface area contributed by atoms with E-state index in [1.165, 1.54) is 48.5 Å². The van der Waals surface area contributed by atoms with Crippen molar-refractivity contribution in [3.63, 3.8) is 0 Å². The molecule has 0 aliphatic heterocycles. The van der Waals surface area contributed by atoms with Crippen molar-refractivity contribution in [3.8, 4) is 0 Å². The first-order chi connectivity index (χ1) is 14.1. The number of Topliss-reactive ketones (excluding diaryl/α,β-unsaturated/α-hetero) is 1. The molecule has 0 saturated carbocycles. The van der Waals surface area contributed by atoms with Crippen molar-refractivity contribution >= 4 is 25.7 Å². The molecule has 6 nitrogen and oxygen atoms in total. The van der Waals surface area contributed by atoms with Crippen LogP contribution in [0.2, 0.25) is 0 Å². The lowest BCUT2D eigenvalue weighted by atomic mass is 10.1. The Hall–Kier alpha value is -2.81. The fourth-order valence-electron chi connectivity index (χ4n) is 2.70. The second-order valence-corrected chi connectivity index (χ2v) is 10.3. The Morgan fingerprint density at radius 2 is 1.20 bits per heavy atom. The molecule has 0 radical (unpaired) electrons. The van der Waals surface area contributed by atoms with Gasteiger partial charge in [0.05, 0.1) is 9.79 Å². The molecule has 3 rings (SSSR count). The van der Waals surface area contributed by atoms with Gasteiger partial charge in [-0.15, -0.1) is 0 Å². The average Bonchev–Trinajstić information content (AvgIpc) is 2.73. The Morgan fingerprint density at radius 1 is 0.700 bits per heavy atom. The third kappa shape index (κ3) is 4.67. The van der Waals surface area contributed by atoms with Crippen LogP contribution in [0.4, 0.5) is 0 Å². The van der Waals surface area contributed by atoms with Gasteiger partial charge in [-0.3, -0.25) is 4.79 Å². The molecule has 156 valence electrons. The predicted molar refractivity (Wildman–Crippen MR) is 112 cm³/mol. The Kier molecular flexibility index (Phi) is 6.21. The molecule has 0 saturated heterocycles. The van der Waals surface area contributed by atoms with Gasteiger partial charge in [-0.2, -0.15) is 8.42 Å². The van der Waals surface area contributed by atoms with Gasteiger partial charge in [0.25, 0.3) is 10.1 Å². The average molecular weight is 445 g/mol. The summed E-state index contributed by atoms with van der Waals surface area (Å²) in [6.07, 6.45) is 0. The van der Waals surface area contributed by atoms with Crippen LogP contribution in [-0.2, 0) is 24.1 Å². The van der Waals surface area contributed by atoms with E-state index in [-0.39, 0.29) is 15.4 Å². The minimum absolute atomic E-state index is 0.0317. The van der Waals surface area contributed by atoms with Crippen LogP contribution in [0.1, 0.15) is 21.5 Å². The smallest absolute Gasteiger partial charge is 0.290 e. The van der Waals surface area contributed by atoms with Crippen molar-refractivity contribution in [2.75, 3.05) is 0 Å². The summed E-state index contributed by atoms with van der Waals surface area (Å²) < 4.78 is 57.0. The highest BCUT2D eigenvalue weighted by atomic mass is 32.2. The van der Waals surface area contributed by atoms with Crippen molar-refractivity contribution in [3.05, 3.63) is 95.6 Å². The van der Waals surface area contributed by atoms with Gasteiger partial charge in [0.1, 0.15) is 0 Å². The molecular formula is C22H20O6S2. The minimum Gasteiger partial charge on any atom is -0.290 e. The molecule has 0 heterocycles. The van der Waals surface area contributed by atoms with Crippen LogP contribution in [0, 0.1) is 13.8 Å². The second kappa shape index (κ2) is 8.51. The third-order valence-corrected chi connectivity index (χ3v) is 7.65. The number of benzene rings is 3. The summed E-state index contributed by atoms with van der Waals surface area (Å²) in [6.45, 7) is 3.59. The lowest BCUT2D eigenvalue weighted by molar-refractivity contribution is 0.0887. The zero-order valence-corrected chi connectivity index (χ0v) is 18.0. The highest BCUT2D eigenvalue weighted by Gasteiger charge is 2.40. The number of hydrogen-bond acceptors (Lipinski definition) is 6. The maximum atomic E-state index is 13.2. The summed E-state index contributed by atoms with van der Waals surface area (Å²) in [7, 11) is -8.99. The van der Waals surface area contributed by atoms with Crippen molar-refractivity contribution in [2.24, 2.45) is 0 Å². The van der Waals surface area contributed by atoms with Gasteiger partial charge in [-0.05, 0) is 38.1 Å². The van der Waals surface area contributed by atoms with E-state index in [1.807, 2.05) is 6.92 Å².